The highest BCUT2D eigenvalue weighted by Gasteiger charge is 2.17. The first kappa shape index (κ1) is 13.8. The van der Waals surface area contributed by atoms with Crippen molar-refractivity contribution >= 4 is 11.8 Å². The maximum atomic E-state index is 11.8. The van der Waals surface area contributed by atoms with Gasteiger partial charge in [-0.25, -0.2) is 9.78 Å². The Balaban J connectivity index is 2.08. The predicted octanol–water partition coefficient (Wildman–Crippen LogP) is 1.40. The zero-order chi connectivity index (χ0) is 13.8. The lowest BCUT2D eigenvalue weighted by molar-refractivity contribution is 0.0371. The Morgan fingerprint density at radius 3 is 2.58 bits per heavy atom. The van der Waals surface area contributed by atoms with Crippen molar-refractivity contribution < 1.29 is 9.53 Å². The van der Waals surface area contributed by atoms with E-state index in [2.05, 4.69) is 21.8 Å². The number of piperazine rings is 1. The van der Waals surface area contributed by atoms with Crippen LogP contribution in [0.2, 0.25) is 0 Å². The molecule has 1 aliphatic heterocycles. The number of aromatic nitrogens is 1. The summed E-state index contributed by atoms with van der Waals surface area (Å²) >= 11 is 0. The molecule has 5 nitrogen and oxygen atoms in total. The molecular weight excluding hydrogens is 242 g/mol. The molecule has 1 saturated heterocycles. The van der Waals surface area contributed by atoms with E-state index in [4.69, 9.17) is 4.74 Å². The minimum atomic E-state index is -0.356. The summed E-state index contributed by atoms with van der Waals surface area (Å²) in [7, 11) is 2.11. The second-order valence-electron chi connectivity index (χ2n) is 5.13. The molecule has 0 atom stereocenters. The monoisotopic (exact) mass is 263 g/mol. The number of rotatable bonds is 3. The number of nitrogens with zero attached hydrogens (tertiary/aromatic N) is 3. The zero-order valence-corrected chi connectivity index (χ0v) is 11.8. The fourth-order valence-corrected chi connectivity index (χ4v) is 2.02. The van der Waals surface area contributed by atoms with Crippen LogP contribution >= 0.6 is 0 Å². The molecule has 0 unspecified atom stereocenters. The summed E-state index contributed by atoms with van der Waals surface area (Å²) in [4.78, 5) is 20.7. The number of carbonyl (C=O) groups is 1. The third-order valence-electron chi connectivity index (χ3n) is 3.11. The Morgan fingerprint density at radius 1 is 1.26 bits per heavy atom. The molecule has 104 valence electrons. The maximum Gasteiger partial charge on any atom is 0.357 e. The van der Waals surface area contributed by atoms with Crippen LogP contribution in [0, 0.1) is 0 Å². The van der Waals surface area contributed by atoms with Gasteiger partial charge in [-0.15, -0.1) is 0 Å². The van der Waals surface area contributed by atoms with E-state index in [-0.39, 0.29) is 12.1 Å². The number of anilines is 1. The number of ether oxygens (including phenoxy) is 1. The number of pyridine rings is 1. The smallest absolute Gasteiger partial charge is 0.357 e. The van der Waals surface area contributed by atoms with Gasteiger partial charge in [0.25, 0.3) is 0 Å². The third-order valence-corrected chi connectivity index (χ3v) is 3.11. The van der Waals surface area contributed by atoms with Gasteiger partial charge in [-0.05, 0) is 33.0 Å². The highest BCUT2D eigenvalue weighted by atomic mass is 16.5. The lowest BCUT2D eigenvalue weighted by Crippen LogP contribution is -2.44. The molecule has 0 saturated carbocycles. The summed E-state index contributed by atoms with van der Waals surface area (Å²) < 4.78 is 5.17. The Labute approximate surface area is 114 Å². The van der Waals surface area contributed by atoms with E-state index < -0.39 is 0 Å². The maximum absolute atomic E-state index is 11.8. The lowest BCUT2D eigenvalue weighted by Gasteiger charge is -2.33. The van der Waals surface area contributed by atoms with Crippen molar-refractivity contribution in [1.82, 2.24) is 9.88 Å². The van der Waals surface area contributed by atoms with Crippen molar-refractivity contribution in [2.45, 2.75) is 20.0 Å². The van der Waals surface area contributed by atoms with Crippen molar-refractivity contribution in [2.75, 3.05) is 38.1 Å². The van der Waals surface area contributed by atoms with Crippen LogP contribution < -0.4 is 4.90 Å². The normalized spacial score (nSPS) is 16.7. The minimum absolute atomic E-state index is 0.124. The number of likely N-dealkylation sites (N-methyl/N-ethyl adjacent to an activating group) is 1. The van der Waals surface area contributed by atoms with E-state index in [1.807, 2.05) is 26.0 Å². The summed E-state index contributed by atoms with van der Waals surface area (Å²) in [5, 5.41) is 0. The fraction of sp³-hybridized carbons (Fsp3) is 0.571. The van der Waals surface area contributed by atoms with Gasteiger partial charge in [0.2, 0.25) is 0 Å². The van der Waals surface area contributed by atoms with Crippen LogP contribution in [0.15, 0.2) is 18.2 Å². The SMILES string of the molecule is CC(C)OC(=O)c1cccc(N2CCN(C)CC2)n1. The Morgan fingerprint density at radius 2 is 1.95 bits per heavy atom. The third kappa shape index (κ3) is 3.67. The van der Waals surface area contributed by atoms with Crippen LogP contribution in [0.25, 0.3) is 0 Å². The average Bonchev–Trinajstić information content (AvgIpc) is 2.39. The van der Waals surface area contributed by atoms with Gasteiger partial charge in [0, 0.05) is 26.2 Å². The highest BCUT2D eigenvalue weighted by Crippen LogP contribution is 2.14. The molecule has 5 heteroatoms. The number of hydrogen-bond acceptors (Lipinski definition) is 5. The molecule has 0 aromatic carbocycles. The van der Waals surface area contributed by atoms with E-state index in [1.54, 1.807) is 6.07 Å². The molecule has 1 aromatic rings. The van der Waals surface area contributed by atoms with Crippen molar-refractivity contribution in [3.8, 4) is 0 Å². The molecule has 1 aromatic heterocycles. The highest BCUT2D eigenvalue weighted by molar-refractivity contribution is 5.87. The molecule has 19 heavy (non-hydrogen) atoms. The van der Waals surface area contributed by atoms with Crippen LogP contribution in [-0.2, 0) is 4.74 Å². The standard InChI is InChI=1S/C14H21N3O2/c1-11(2)19-14(18)12-5-4-6-13(15-12)17-9-7-16(3)8-10-17/h4-6,11H,7-10H2,1-3H3. The largest absolute Gasteiger partial charge is 0.458 e. The number of hydrogen-bond donors (Lipinski definition) is 0. The van der Waals surface area contributed by atoms with Crippen molar-refractivity contribution in [3.63, 3.8) is 0 Å². The predicted molar refractivity (Wildman–Crippen MR) is 74.5 cm³/mol. The van der Waals surface area contributed by atoms with Crippen molar-refractivity contribution in [3.05, 3.63) is 23.9 Å². The quantitative estimate of drug-likeness (QED) is 0.771. The van der Waals surface area contributed by atoms with E-state index >= 15 is 0 Å². The van der Waals surface area contributed by atoms with Gasteiger partial charge in [-0.3, -0.25) is 0 Å². The van der Waals surface area contributed by atoms with Crippen LogP contribution in [-0.4, -0.2) is 55.2 Å². The second kappa shape index (κ2) is 6.02. The van der Waals surface area contributed by atoms with Crippen LogP contribution in [0.4, 0.5) is 5.82 Å². The number of carbonyl (C=O) groups excluding carboxylic acids is 1. The minimum Gasteiger partial charge on any atom is -0.458 e. The average molecular weight is 263 g/mol. The lowest BCUT2D eigenvalue weighted by atomic mass is 10.3. The molecule has 2 rings (SSSR count). The summed E-state index contributed by atoms with van der Waals surface area (Å²) in [6.07, 6.45) is -0.124. The first-order valence-electron chi connectivity index (χ1n) is 6.68. The molecule has 0 N–H and O–H groups in total. The molecule has 1 fully saturated rings. The molecular formula is C14H21N3O2. The van der Waals surface area contributed by atoms with Crippen LogP contribution in [0.1, 0.15) is 24.3 Å². The molecule has 0 aliphatic carbocycles. The first-order chi connectivity index (χ1) is 9.06. The van der Waals surface area contributed by atoms with Gasteiger partial charge < -0.3 is 14.5 Å². The Bertz CT molecular complexity index is 440. The van der Waals surface area contributed by atoms with E-state index in [9.17, 15) is 4.79 Å². The van der Waals surface area contributed by atoms with Gasteiger partial charge in [-0.1, -0.05) is 6.07 Å². The second-order valence-corrected chi connectivity index (χ2v) is 5.13. The molecule has 0 bridgehead atoms. The molecule has 0 amide bonds. The summed E-state index contributed by atoms with van der Waals surface area (Å²) in [5.74, 6) is 0.497. The van der Waals surface area contributed by atoms with Crippen LogP contribution in [0.3, 0.4) is 0 Å². The summed E-state index contributed by atoms with van der Waals surface area (Å²) in [5.41, 5.74) is 0.380. The van der Waals surface area contributed by atoms with Crippen molar-refractivity contribution in [1.29, 1.82) is 0 Å². The molecule has 0 spiro atoms. The molecule has 1 aliphatic rings. The van der Waals surface area contributed by atoms with E-state index in [1.165, 1.54) is 0 Å². The fourth-order valence-electron chi connectivity index (χ4n) is 2.02. The number of esters is 1. The molecule has 2 heterocycles. The van der Waals surface area contributed by atoms with Gasteiger partial charge in [0.15, 0.2) is 5.69 Å². The van der Waals surface area contributed by atoms with E-state index in [0.29, 0.717) is 5.69 Å². The van der Waals surface area contributed by atoms with Gasteiger partial charge in [0.1, 0.15) is 5.82 Å². The zero-order valence-electron chi connectivity index (χ0n) is 11.8. The van der Waals surface area contributed by atoms with Gasteiger partial charge in [0.05, 0.1) is 6.10 Å². The molecule has 0 radical (unpaired) electrons. The Kier molecular flexibility index (Phi) is 4.37. The summed E-state index contributed by atoms with van der Waals surface area (Å²) in [6.45, 7) is 7.58. The van der Waals surface area contributed by atoms with Crippen LogP contribution in [0.5, 0.6) is 0 Å². The Hall–Kier alpha value is -1.62. The topological polar surface area (TPSA) is 45.7 Å². The first-order valence-corrected chi connectivity index (χ1v) is 6.68. The summed E-state index contributed by atoms with van der Waals surface area (Å²) in [6, 6.07) is 5.50. The van der Waals surface area contributed by atoms with E-state index in [0.717, 1.165) is 32.0 Å². The van der Waals surface area contributed by atoms with Gasteiger partial charge in [-0.2, -0.15) is 0 Å². The van der Waals surface area contributed by atoms with Crippen molar-refractivity contribution in [2.24, 2.45) is 0 Å². The van der Waals surface area contributed by atoms with Gasteiger partial charge >= 0.3 is 5.97 Å².